The minimum Gasteiger partial charge on any atom is -0.496 e. The number of amides is 1. The number of nitrogens with two attached hydrogens (primary N) is 1. The van der Waals surface area contributed by atoms with Crippen molar-refractivity contribution in [1.29, 1.82) is 0 Å². The van der Waals surface area contributed by atoms with Crippen molar-refractivity contribution in [1.82, 2.24) is 0 Å². The zero-order valence-electron chi connectivity index (χ0n) is 11.6. The fraction of sp³-hybridized carbons (Fsp3) is 0.188. The first-order valence-corrected chi connectivity index (χ1v) is 6.37. The van der Waals surface area contributed by atoms with Gasteiger partial charge in [0.15, 0.2) is 0 Å². The number of hydrogen-bond acceptors (Lipinski definition) is 3. The molecule has 0 aliphatic carbocycles. The largest absolute Gasteiger partial charge is 0.496 e. The van der Waals surface area contributed by atoms with Crippen LogP contribution in [0.25, 0.3) is 0 Å². The molecule has 0 radical (unpaired) electrons. The molecule has 104 valence electrons. The normalized spacial score (nSPS) is 10.1. The number of rotatable bonds is 5. The van der Waals surface area contributed by atoms with Crippen LogP contribution < -0.4 is 15.8 Å². The molecule has 2 rings (SSSR count). The number of hydrogen-bond donors (Lipinski definition) is 2. The Morgan fingerprint density at radius 1 is 1.20 bits per heavy atom. The number of primary amides is 1. The highest BCUT2D eigenvalue weighted by Crippen LogP contribution is 2.21. The van der Waals surface area contributed by atoms with Gasteiger partial charge < -0.3 is 15.8 Å². The van der Waals surface area contributed by atoms with E-state index in [-0.39, 0.29) is 0 Å². The lowest BCUT2D eigenvalue weighted by atomic mass is 10.1. The van der Waals surface area contributed by atoms with Gasteiger partial charge in [0.2, 0.25) is 5.91 Å². The van der Waals surface area contributed by atoms with Gasteiger partial charge in [-0.05, 0) is 37.3 Å². The Hall–Kier alpha value is -2.49. The van der Waals surface area contributed by atoms with Crippen molar-refractivity contribution >= 4 is 11.6 Å². The number of methoxy groups -OCH3 is 1. The Morgan fingerprint density at radius 3 is 2.50 bits per heavy atom. The summed E-state index contributed by atoms with van der Waals surface area (Å²) >= 11 is 0. The summed E-state index contributed by atoms with van der Waals surface area (Å²) < 4.78 is 5.34. The van der Waals surface area contributed by atoms with Crippen LogP contribution in [-0.2, 0) is 6.54 Å². The first kappa shape index (κ1) is 13.9. The van der Waals surface area contributed by atoms with Crippen molar-refractivity contribution in [2.45, 2.75) is 13.5 Å². The van der Waals surface area contributed by atoms with Crippen LogP contribution in [0, 0.1) is 6.92 Å². The van der Waals surface area contributed by atoms with Gasteiger partial charge in [-0.25, -0.2) is 0 Å². The first-order valence-electron chi connectivity index (χ1n) is 6.37. The summed E-state index contributed by atoms with van der Waals surface area (Å²) in [6.07, 6.45) is 0. The highest BCUT2D eigenvalue weighted by atomic mass is 16.5. The van der Waals surface area contributed by atoms with E-state index in [2.05, 4.69) is 11.4 Å². The van der Waals surface area contributed by atoms with Gasteiger partial charge in [-0.3, -0.25) is 4.79 Å². The number of carbonyl (C=O) groups is 1. The average molecular weight is 270 g/mol. The van der Waals surface area contributed by atoms with Crippen molar-refractivity contribution in [2.75, 3.05) is 12.4 Å². The summed E-state index contributed by atoms with van der Waals surface area (Å²) in [6.45, 7) is 2.70. The standard InChI is InChI=1S/C16H18N2O2/c1-11-3-8-15(20-2)13(9-11)10-18-14-6-4-12(5-7-14)16(17)19/h3-9,18H,10H2,1-2H3,(H2,17,19). The van der Waals surface area contributed by atoms with Crippen molar-refractivity contribution in [2.24, 2.45) is 5.73 Å². The summed E-state index contributed by atoms with van der Waals surface area (Å²) in [7, 11) is 1.66. The van der Waals surface area contributed by atoms with Crippen molar-refractivity contribution in [3.63, 3.8) is 0 Å². The SMILES string of the molecule is COc1ccc(C)cc1CNc1ccc(C(N)=O)cc1. The highest BCUT2D eigenvalue weighted by Gasteiger charge is 2.04. The number of ether oxygens (including phenoxy) is 1. The van der Waals surface area contributed by atoms with Crippen molar-refractivity contribution in [3.8, 4) is 5.75 Å². The molecular weight excluding hydrogens is 252 g/mol. The fourth-order valence-electron chi connectivity index (χ4n) is 2.00. The highest BCUT2D eigenvalue weighted by molar-refractivity contribution is 5.93. The summed E-state index contributed by atoms with van der Waals surface area (Å²) in [5.41, 5.74) is 8.92. The molecule has 2 aromatic carbocycles. The lowest BCUT2D eigenvalue weighted by Gasteiger charge is -2.11. The molecule has 0 unspecified atom stereocenters. The Kier molecular flexibility index (Phi) is 4.25. The smallest absolute Gasteiger partial charge is 0.248 e. The molecule has 0 heterocycles. The molecule has 0 bridgehead atoms. The minimum atomic E-state index is -0.420. The number of benzene rings is 2. The van der Waals surface area contributed by atoms with Crippen LogP contribution in [0.1, 0.15) is 21.5 Å². The Bertz CT molecular complexity index is 606. The molecule has 20 heavy (non-hydrogen) atoms. The molecule has 4 nitrogen and oxygen atoms in total. The number of anilines is 1. The van der Waals surface area contributed by atoms with E-state index in [0.29, 0.717) is 12.1 Å². The molecule has 0 atom stereocenters. The molecule has 2 aromatic rings. The quantitative estimate of drug-likeness (QED) is 0.878. The molecule has 0 aliphatic rings. The zero-order valence-corrected chi connectivity index (χ0v) is 11.6. The Balaban J connectivity index is 2.08. The van der Waals surface area contributed by atoms with Gasteiger partial charge in [0.1, 0.15) is 5.75 Å². The second-order valence-corrected chi connectivity index (χ2v) is 4.61. The van der Waals surface area contributed by atoms with Gasteiger partial charge in [-0.1, -0.05) is 17.7 Å². The number of nitrogens with one attached hydrogen (secondary N) is 1. The van der Waals surface area contributed by atoms with Crippen LogP contribution >= 0.6 is 0 Å². The number of carbonyl (C=O) groups excluding carboxylic acids is 1. The van der Waals surface area contributed by atoms with Gasteiger partial charge in [0.25, 0.3) is 0 Å². The first-order chi connectivity index (χ1) is 9.60. The maximum Gasteiger partial charge on any atom is 0.248 e. The van der Waals surface area contributed by atoms with E-state index in [4.69, 9.17) is 10.5 Å². The second-order valence-electron chi connectivity index (χ2n) is 4.61. The lowest BCUT2D eigenvalue weighted by molar-refractivity contribution is 0.100. The monoisotopic (exact) mass is 270 g/mol. The van der Waals surface area contributed by atoms with Crippen LogP contribution in [0.2, 0.25) is 0 Å². The summed E-state index contributed by atoms with van der Waals surface area (Å²) in [6, 6.07) is 13.1. The van der Waals surface area contributed by atoms with Gasteiger partial charge >= 0.3 is 0 Å². The predicted molar refractivity (Wildman–Crippen MR) is 80.0 cm³/mol. The summed E-state index contributed by atoms with van der Waals surface area (Å²) in [4.78, 5) is 11.0. The molecule has 0 aliphatic heterocycles. The van der Waals surface area contributed by atoms with E-state index in [1.807, 2.05) is 31.2 Å². The summed E-state index contributed by atoms with van der Waals surface area (Å²) in [5, 5.41) is 3.30. The predicted octanol–water partition coefficient (Wildman–Crippen LogP) is 2.71. The van der Waals surface area contributed by atoms with E-state index < -0.39 is 5.91 Å². The van der Waals surface area contributed by atoms with E-state index in [1.165, 1.54) is 5.56 Å². The molecule has 0 aromatic heterocycles. The second kappa shape index (κ2) is 6.10. The van der Waals surface area contributed by atoms with Crippen LogP contribution in [-0.4, -0.2) is 13.0 Å². The van der Waals surface area contributed by atoms with Crippen molar-refractivity contribution < 1.29 is 9.53 Å². The maximum atomic E-state index is 11.0. The number of aryl methyl sites for hydroxylation is 1. The van der Waals surface area contributed by atoms with Crippen LogP contribution in [0.4, 0.5) is 5.69 Å². The van der Waals surface area contributed by atoms with Gasteiger partial charge in [0, 0.05) is 23.4 Å². The van der Waals surface area contributed by atoms with E-state index in [9.17, 15) is 4.79 Å². The third kappa shape index (κ3) is 3.29. The molecule has 0 saturated heterocycles. The molecule has 0 fully saturated rings. The molecule has 1 amide bonds. The van der Waals surface area contributed by atoms with E-state index in [0.717, 1.165) is 17.0 Å². The van der Waals surface area contributed by atoms with Gasteiger partial charge in [0.05, 0.1) is 7.11 Å². The van der Waals surface area contributed by atoms with Gasteiger partial charge in [-0.2, -0.15) is 0 Å². The molecular formula is C16H18N2O2. The van der Waals surface area contributed by atoms with Crippen LogP contribution in [0.5, 0.6) is 5.75 Å². The van der Waals surface area contributed by atoms with Crippen molar-refractivity contribution in [3.05, 3.63) is 59.2 Å². The molecule has 4 heteroatoms. The summed E-state index contributed by atoms with van der Waals surface area (Å²) in [5.74, 6) is 0.439. The fourth-order valence-corrected chi connectivity index (χ4v) is 2.00. The van der Waals surface area contributed by atoms with Crippen LogP contribution in [0.3, 0.4) is 0 Å². The van der Waals surface area contributed by atoms with Crippen LogP contribution in [0.15, 0.2) is 42.5 Å². The third-order valence-corrected chi connectivity index (χ3v) is 3.09. The Labute approximate surface area is 118 Å². The Morgan fingerprint density at radius 2 is 1.90 bits per heavy atom. The zero-order chi connectivity index (χ0) is 14.5. The van der Waals surface area contributed by atoms with Gasteiger partial charge in [-0.15, -0.1) is 0 Å². The maximum absolute atomic E-state index is 11.0. The minimum absolute atomic E-state index is 0.420. The average Bonchev–Trinajstić information content (AvgIpc) is 2.45. The third-order valence-electron chi connectivity index (χ3n) is 3.09. The van der Waals surface area contributed by atoms with E-state index in [1.54, 1.807) is 19.2 Å². The lowest BCUT2D eigenvalue weighted by Crippen LogP contribution is -2.10. The molecule has 0 spiro atoms. The molecule has 0 saturated carbocycles. The topological polar surface area (TPSA) is 64.3 Å². The molecule has 3 N–H and O–H groups in total. The van der Waals surface area contributed by atoms with E-state index >= 15 is 0 Å².